The SMILES string of the molecule is CC(C)NC(C=Cc1ccco1)=NC(N)=O.Cl. The molecule has 0 saturated carbocycles. The van der Waals surface area contributed by atoms with E-state index in [0.717, 1.165) is 0 Å². The molecule has 0 bridgehead atoms. The fourth-order valence-electron chi connectivity index (χ4n) is 1.08. The summed E-state index contributed by atoms with van der Waals surface area (Å²) in [4.78, 5) is 14.3. The Labute approximate surface area is 106 Å². The Morgan fingerprint density at radius 1 is 1.59 bits per heavy atom. The molecule has 0 spiro atoms. The number of aliphatic imine (C=N–C) groups is 1. The molecule has 0 atom stereocenters. The quantitative estimate of drug-likeness (QED) is 0.643. The van der Waals surface area contributed by atoms with Crippen LogP contribution in [0.1, 0.15) is 19.6 Å². The fraction of sp³-hybridized carbons (Fsp3) is 0.273. The molecule has 17 heavy (non-hydrogen) atoms. The van der Waals surface area contributed by atoms with E-state index in [2.05, 4.69) is 10.3 Å². The maximum Gasteiger partial charge on any atom is 0.340 e. The van der Waals surface area contributed by atoms with E-state index in [-0.39, 0.29) is 18.4 Å². The number of carbonyl (C=O) groups is 1. The number of amides is 2. The Bertz CT molecular complexity index is 397. The van der Waals surface area contributed by atoms with Gasteiger partial charge in [-0.2, -0.15) is 4.99 Å². The fourth-order valence-corrected chi connectivity index (χ4v) is 1.08. The third-order valence-corrected chi connectivity index (χ3v) is 1.62. The number of halogens is 1. The summed E-state index contributed by atoms with van der Waals surface area (Å²) in [5.41, 5.74) is 4.99. The Hall–Kier alpha value is -1.75. The molecule has 0 aromatic carbocycles. The number of nitrogens with zero attached hydrogens (tertiary/aromatic N) is 1. The van der Waals surface area contributed by atoms with Crippen LogP contribution in [0, 0.1) is 0 Å². The third kappa shape index (κ3) is 6.42. The first-order valence-electron chi connectivity index (χ1n) is 4.94. The average Bonchev–Trinajstić information content (AvgIpc) is 2.64. The van der Waals surface area contributed by atoms with Crippen LogP contribution in [0.15, 0.2) is 33.9 Å². The molecule has 1 aromatic heterocycles. The van der Waals surface area contributed by atoms with E-state index in [1.807, 2.05) is 13.8 Å². The minimum absolute atomic E-state index is 0. The smallest absolute Gasteiger partial charge is 0.340 e. The molecule has 2 amide bonds. The molecule has 1 heterocycles. The Morgan fingerprint density at radius 2 is 2.29 bits per heavy atom. The van der Waals surface area contributed by atoms with Crippen molar-refractivity contribution < 1.29 is 9.21 Å². The average molecular weight is 258 g/mol. The second-order valence-corrected chi connectivity index (χ2v) is 3.48. The van der Waals surface area contributed by atoms with Crippen molar-refractivity contribution >= 4 is 30.3 Å². The van der Waals surface area contributed by atoms with Gasteiger partial charge in [-0.1, -0.05) is 0 Å². The maximum atomic E-state index is 10.7. The summed E-state index contributed by atoms with van der Waals surface area (Å²) in [6.07, 6.45) is 4.92. The van der Waals surface area contributed by atoms with Crippen LogP contribution in [0.3, 0.4) is 0 Å². The van der Waals surface area contributed by atoms with Crippen LogP contribution >= 0.6 is 12.4 Å². The normalized spacial score (nSPS) is 11.6. The number of hydrogen-bond donors (Lipinski definition) is 2. The van der Waals surface area contributed by atoms with Crippen molar-refractivity contribution in [3.8, 4) is 0 Å². The van der Waals surface area contributed by atoms with E-state index in [1.165, 1.54) is 0 Å². The lowest BCUT2D eigenvalue weighted by Crippen LogP contribution is -2.30. The van der Waals surface area contributed by atoms with Crippen molar-refractivity contribution in [2.45, 2.75) is 19.9 Å². The number of carbonyl (C=O) groups excluding carboxylic acids is 1. The second-order valence-electron chi connectivity index (χ2n) is 3.48. The van der Waals surface area contributed by atoms with E-state index in [4.69, 9.17) is 10.2 Å². The van der Waals surface area contributed by atoms with E-state index in [1.54, 1.807) is 30.5 Å². The molecule has 6 heteroatoms. The largest absolute Gasteiger partial charge is 0.465 e. The lowest BCUT2D eigenvalue weighted by atomic mass is 10.3. The van der Waals surface area contributed by atoms with Gasteiger partial charge in [0.25, 0.3) is 0 Å². The molecular weight excluding hydrogens is 242 g/mol. The van der Waals surface area contributed by atoms with Crippen molar-refractivity contribution in [3.63, 3.8) is 0 Å². The summed E-state index contributed by atoms with van der Waals surface area (Å²) in [6, 6.07) is 3.01. The van der Waals surface area contributed by atoms with Crippen molar-refractivity contribution in [1.82, 2.24) is 5.32 Å². The number of urea groups is 1. The molecule has 0 aliphatic rings. The van der Waals surface area contributed by atoms with Crippen molar-refractivity contribution in [2.24, 2.45) is 10.7 Å². The van der Waals surface area contributed by atoms with Gasteiger partial charge in [0.15, 0.2) is 0 Å². The number of furan rings is 1. The molecule has 0 saturated heterocycles. The molecule has 94 valence electrons. The number of primary amides is 1. The van der Waals surface area contributed by atoms with Gasteiger partial charge in [-0.25, -0.2) is 4.79 Å². The van der Waals surface area contributed by atoms with Gasteiger partial charge in [0.2, 0.25) is 0 Å². The van der Waals surface area contributed by atoms with Crippen molar-refractivity contribution in [1.29, 1.82) is 0 Å². The number of amidine groups is 1. The highest BCUT2D eigenvalue weighted by Crippen LogP contribution is 2.02. The van der Waals surface area contributed by atoms with Gasteiger partial charge in [0, 0.05) is 6.04 Å². The third-order valence-electron chi connectivity index (χ3n) is 1.62. The Kier molecular flexibility index (Phi) is 6.74. The molecule has 0 aliphatic carbocycles. The van der Waals surface area contributed by atoms with Gasteiger partial charge in [-0.05, 0) is 38.1 Å². The molecule has 5 nitrogen and oxygen atoms in total. The molecule has 0 radical (unpaired) electrons. The van der Waals surface area contributed by atoms with E-state index in [0.29, 0.717) is 11.6 Å². The van der Waals surface area contributed by atoms with Crippen LogP contribution in [0.2, 0.25) is 0 Å². The summed E-state index contributed by atoms with van der Waals surface area (Å²) < 4.78 is 5.11. The van der Waals surface area contributed by atoms with Crippen LogP contribution in [0.25, 0.3) is 6.08 Å². The van der Waals surface area contributed by atoms with Gasteiger partial charge in [0.05, 0.1) is 6.26 Å². The zero-order chi connectivity index (χ0) is 12.0. The summed E-state index contributed by atoms with van der Waals surface area (Å²) in [5, 5.41) is 2.99. The lowest BCUT2D eigenvalue weighted by molar-refractivity contribution is 0.256. The van der Waals surface area contributed by atoms with Crippen molar-refractivity contribution in [3.05, 3.63) is 30.2 Å². The molecule has 1 rings (SSSR count). The summed E-state index contributed by atoms with van der Waals surface area (Å²) in [5.74, 6) is 1.10. The summed E-state index contributed by atoms with van der Waals surface area (Å²) >= 11 is 0. The first kappa shape index (κ1) is 15.2. The van der Waals surface area contributed by atoms with Gasteiger partial charge in [-0.15, -0.1) is 12.4 Å². The van der Waals surface area contributed by atoms with Gasteiger partial charge in [0.1, 0.15) is 11.6 Å². The molecule has 0 fully saturated rings. The monoisotopic (exact) mass is 257 g/mol. The minimum atomic E-state index is -0.729. The van der Waals surface area contributed by atoms with E-state index in [9.17, 15) is 4.79 Å². The first-order valence-corrected chi connectivity index (χ1v) is 4.94. The Morgan fingerprint density at radius 3 is 2.76 bits per heavy atom. The molecule has 0 aliphatic heterocycles. The first-order chi connectivity index (χ1) is 7.58. The predicted octanol–water partition coefficient (Wildman–Crippen LogP) is 2.19. The van der Waals surface area contributed by atoms with Gasteiger partial charge >= 0.3 is 6.03 Å². The van der Waals surface area contributed by atoms with E-state index >= 15 is 0 Å². The number of nitrogens with one attached hydrogen (secondary N) is 1. The molecular formula is C11H16ClN3O2. The van der Waals surface area contributed by atoms with Crippen LogP contribution in [-0.4, -0.2) is 17.9 Å². The van der Waals surface area contributed by atoms with Crippen LogP contribution in [0.5, 0.6) is 0 Å². The molecule has 0 unspecified atom stereocenters. The highest BCUT2D eigenvalue weighted by atomic mass is 35.5. The minimum Gasteiger partial charge on any atom is -0.465 e. The zero-order valence-electron chi connectivity index (χ0n) is 9.71. The standard InChI is InChI=1S/C11H15N3O2.ClH/c1-8(2)13-10(14-11(12)15)6-5-9-4-3-7-16-9;/h3-8H,1-2H3,(H3,12,13,14,15);1H. The number of nitrogens with two attached hydrogens (primary N) is 1. The van der Waals surface area contributed by atoms with E-state index < -0.39 is 6.03 Å². The van der Waals surface area contributed by atoms with Crippen LogP contribution < -0.4 is 11.1 Å². The zero-order valence-corrected chi connectivity index (χ0v) is 10.5. The Balaban J connectivity index is 0.00000256. The van der Waals surface area contributed by atoms with Crippen molar-refractivity contribution in [2.75, 3.05) is 0 Å². The maximum absolute atomic E-state index is 10.7. The lowest BCUT2D eigenvalue weighted by Gasteiger charge is -2.08. The summed E-state index contributed by atoms with van der Waals surface area (Å²) in [7, 11) is 0. The van der Waals surface area contributed by atoms with Crippen LogP contribution in [0.4, 0.5) is 4.79 Å². The van der Waals surface area contributed by atoms with Crippen LogP contribution in [-0.2, 0) is 0 Å². The highest BCUT2D eigenvalue weighted by molar-refractivity contribution is 6.02. The molecule has 3 N–H and O–H groups in total. The summed E-state index contributed by atoms with van der Waals surface area (Å²) in [6.45, 7) is 3.88. The van der Waals surface area contributed by atoms with Gasteiger partial charge < -0.3 is 15.5 Å². The predicted molar refractivity (Wildman–Crippen MR) is 70.3 cm³/mol. The topological polar surface area (TPSA) is 80.6 Å². The second kappa shape index (κ2) is 7.51. The van der Waals surface area contributed by atoms with Gasteiger partial charge in [-0.3, -0.25) is 0 Å². The number of rotatable bonds is 3. The number of hydrogen-bond acceptors (Lipinski definition) is 2. The molecule has 1 aromatic rings. The highest BCUT2D eigenvalue weighted by Gasteiger charge is 1.99.